The average Bonchev–Trinajstić information content (AvgIpc) is 2.81. The van der Waals surface area contributed by atoms with E-state index >= 15 is 0 Å². The topological polar surface area (TPSA) is 86.5 Å². The number of pyridine rings is 1. The van der Waals surface area contributed by atoms with Crippen LogP contribution in [0.2, 0.25) is 0 Å². The Balaban J connectivity index is 1.46. The zero-order chi connectivity index (χ0) is 23.0. The minimum atomic E-state index is -0.153. The molecule has 170 valence electrons. The molecule has 4 aromatic rings. The summed E-state index contributed by atoms with van der Waals surface area (Å²) in [7, 11) is 0. The van der Waals surface area contributed by atoms with Crippen LogP contribution in [-0.2, 0) is 20.9 Å². The maximum atomic E-state index is 11.4. The minimum absolute atomic E-state index is 0.153. The van der Waals surface area contributed by atoms with Crippen molar-refractivity contribution in [3.05, 3.63) is 72.3 Å². The van der Waals surface area contributed by atoms with Crippen molar-refractivity contribution in [2.24, 2.45) is 0 Å². The number of nitrogens with one attached hydrogen (secondary N) is 1. The minimum Gasteiger partial charge on any atom is -0.466 e. The summed E-state index contributed by atoms with van der Waals surface area (Å²) in [6.07, 6.45) is 1.99. The van der Waals surface area contributed by atoms with Crippen LogP contribution in [0.1, 0.15) is 31.7 Å². The third-order valence-electron chi connectivity index (χ3n) is 5.37. The Labute approximate surface area is 193 Å². The SMILES string of the molecule is CCOC(=O)CCCCOCc1cc(N)cc(Nc2c3ccccc3nc3ccccc23)c1. The van der Waals surface area contributed by atoms with Crippen LogP contribution in [0.3, 0.4) is 0 Å². The number of anilines is 3. The Morgan fingerprint density at radius 3 is 2.36 bits per heavy atom. The Hall–Kier alpha value is -3.64. The molecule has 1 heterocycles. The number of aromatic nitrogens is 1. The third-order valence-corrected chi connectivity index (χ3v) is 5.37. The second-order valence-corrected chi connectivity index (χ2v) is 7.92. The van der Waals surface area contributed by atoms with Gasteiger partial charge in [-0.1, -0.05) is 36.4 Å². The third kappa shape index (κ3) is 5.79. The van der Waals surface area contributed by atoms with Crippen LogP contribution in [0.15, 0.2) is 66.7 Å². The highest BCUT2D eigenvalue weighted by molar-refractivity contribution is 6.08. The number of hydrogen-bond donors (Lipinski definition) is 2. The van der Waals surface area contributed by atoms with Gasteiger partial charge in [-0.3, -0.25) is 4.79 Å². The van der Waals surface area contributed by atoms with Gasteiger partial charge in [-0.25, -0.2) is 4.98 Å². The highest BCUT2D eigenvalue weighted by atomic mass is 16.5. The molecule has 1 aromatic heterocycles. The number of rotatable bonds is 10. The van der Waals surface area contributed by atoms with E-state index in [1.165, 1.54) is 0 Å². The molecule has 0 unspecified atom stereocenters. The smallest absolute Gasteiger partial charge is 0.305 e. The fraction of sp³-hybridized carbons (Fsp3) is 0.259. The number of benzene rings is 3. The Kier molecular flexibility index (Phi) is 7.37. The second-order valence-electron chi connectivity index (χ2n) is 7.92. The molecule has 3 aromatic carbocycles. The van der Waals surface area contributed by atoms with Gasteiger partial charge in [0, 0.05) is 35.2 Å². The molecule has 0 aliphatic rings. The lowest BCUT2D eigenvalue weighted by atomic mass is 10.1. The van der Waals surface area contributed by atoms with Gasteiger partial charge in [-0.2, -0.15) is 0 Å². The van der Waals surface area contributed by atoms with Crippen LogP contribution < -0.4 is 11.1 Å². The zero-order valence-electron chi connectivity index (χ0n) is 18.8. The summed E-state index contributed by atoms with van der Waals surface area (Å²) in [5.41, 5.74) is 11.6. The molecule has 0 aliphatic heterocycles. The van der Waals surface area contributed by atoms with Crippen LogP contribution in [0, 0.1) is 0 Å². The summed E-state index contributed by atoms with van der Waals surface area (Å²) in [5, 5.41) is 5.69. The summed E-state index contributed by atoms with van der Waals surface area (Å²) in [4.78, 5) is 16.2. The fourth-order valence-electron chi connectivity index (χ4n) is 3.89. The first-order chi connectivity index (χ1) is 16.1. The molecule has 6 heteroatoms. The highest BCUT2D eigenvalue weighted by Crippen LogP contribution is 2.33. The first-order valence-electron chi connectivity index (χ1n) is 11.3. The number of esters is 1. The molecular weight excluding hydrogens is 414 g/mol. The fourth-order valence-corrected chi connectivity index (χ4v) is 3.89. The van der Waals surface area contributed by atoms with Gasteiger partial charge >= 0.3 is 5.97 Å². The van der Waals surface area contributed by atoms with Crippen molar-refractivity contribution in [3.8, 4) is 0 Å². The molecule has 0 amide bonds. The van der Waals surface area contributed by atoms with Crippen molar-refractivity contribution in [2.75, 3.05) is 24.3 Å². The van der Waals surface area contributed by atoms with Gasteiger partial charge in [-0.15, -0.1) is 0 Å². The van der Waals surface area contributed by atoms with Gasteiger partial charge in [0.2, 0.25) is 0 Å². The van der Waals surface area contributed by atoms with Crippen molar-refractivity contribution in [3.63, 3.8) is 0 Å². The normalized spacial score (nSPS) is 11.1. The number of para-hydroxylation sites is 2. The number of fused-ring (bicyclic) bond motifs is 2. The van der Waals surface area contributed by atoms with Gasteiger partial charge in [-0.05, 0) is 55.7 Å². The first-order valence-corrected chi connectivity index (χ1v) is 11.3. The molecule has 0 atom stereocenters. The molecule has 0 radical (unpaired) electrons. The van der Waals surface area contributed by atoms with Crippen LogP contribution in [0.25, 0.3) is 21.8 Å². The molecule has 0 saturated heterocycles. The second kappa shape index (κ2) is 10.8. The molecule has 0 fully saturated rings. The number of ether oxygens (including phenoxy) is 2. The standard InChI is InChI=1S/C27H29N3O3/c1-2-33-26(31)13-7-8-14-32-18-19-15-20(28)17-21(16-19)29-27-22-9-3-5-11-24(22)30-25-12-6-4-10-23(25)27/h3-6,9-12,15-17H,2,7-8,13-14,18,28H2,1H3,(H,29,30). The van der Waals surface area contributed by atoms with Crippen LogP contribution in [0.5, 0.6) is 0 Å². The molecule has 4 rings (SSSR count). The zero-order valence-corrected chi connectivity index (χ0v) is 18.8. The number of unbranched alkanes of at least 4 members (excludes halogenated alkanes) is 1. The Morgan fingerprint density at radius 2 is 1.67 bits per heavy atom. The van der Waals surface area contributed by atoms with E-state index in [0.717, 1.165) is 51.6 Å². The molecule has 0 spiro atoms. The molecule has 3 N–H and O–H groups in total. The molecule has 0 bridgehead atoms. The number of nitrogen functional groups attached to an aromatic ring is 1. The van der Waals surface area contributed by atoms with E-state index in [4.69, 9.17) is 20.2 Å². The molecule has 0 aliphatic carbocycles. The summed E-state index contributed by atoms with van der Waals surface area (Å²) in [5.74, 6) is -0.153. The Morgan fingerprint density at radius 1 is 0.970 bits per heavy atom. The lowest BCUT2D eigenvalue weighted by Crippen LogP contribution is -2.04. The van der Waals surface area contributed by atoms with E-state index in [1.54, 1.807) is 0 Å². The van der Waals surface area contributed by atoms with E-state index in [9.17, 15) is 4.79 Å². The van der Waals surface area contributed by atoms with E-state index in [1.807, 2.05) is 55.5 Å². The van der Waals surface area contributed by atoms with Gasteiger partial charge in [0.1, 0.15) is 0 Å². The molecular formula is C27H29N3O3. The average molecular weight is 444 g/mol. The van der Waals surface area contributed by atoms with E-state index < -0.39 is 0 Å². The van der Waals surface area contributed by atoms with Gasteiger partial charge < -0.3 is 20.5 Å². The molecule has 33 heavy (non-hydrogen) atoms. The summed E-state index contributed by atoms with van der Waals surface area (Å²) < 4.78 is 10.8. The van der Waals surface area contributed by atoms with Crippen molar-refractivity contribution in [2.45, 2.75) is 32.8 Å². The first kappa shape index (κ1) is 22.6. The van der Waals surface area contributed by atoms with Crippen molar-refractivity contribution in [1.82, 2.24) is 4.98 Å². The predicted octanol–water partition coefficient (Wildman–Crippen LogP) is 5.96. The van der Waals surface area contributed by atoms with Crippen molar-refractivity contribution in [1.29, 1.82) is 0 Å². The number of carbonyl (C=O) groups is 1. The number of carbonyl (C=O) groups excluding carboxylic acids is 1. The van der Waals surface area contributed by atoms with Crippen LogP contribution >= 0.6 is 0 Å². The van der Waals surface area contributed by atoms with Crippen molar-refractivity contribution >= 4 is 44.8 Å². The van der Waals surface area contributed by atoms with E-state index in [2.05, 4.69) is 23.5 Å². The van der Waals surface area contributed by atoms with Gasteiger partial charge in [0.15, 0.2) is 0 Å². The van der Waals surface area contributed by atoms with Gasteiger partial charge in [0.05, 0.1) is 29.9 Å². The quantitative estimate of drug-likeness (QED) is 0.136. The van der Waals surface area contributed by atoms with Gasteiger partial charge in [0.25, 0.3) is 0 Å². The number of nitrogens with zero attached hydrogens (tertiary/aromatic N) is 1. The van der Waals surface area contributed by atoms with Crippen LogP contribution in [0.4, 0.5) is 17.1 Å². The predicted molar refractivity (Wildman–Crippen MR) is 134 cm³/mol. The molecule has 6 nitrogen and oxygen atoms in total. The summed E-state index contributed by atoms with van der Waals surface area (Å²) in [6.45, 7) is 3.27. The van der Waals surface area contributed by atoms with Crippen LogP contribution in [-0.4, -0.2) is 24.2 Å². The number of nitrogens with two attached hydrogens (primary N) is 1. The maximum absolute atomic E-state index is 11.4. The lowest BCUT2D eigenvalue weighted by Gasteiger charge is -2.15. The Bertz CT molecular complexity index is 1200. The summed E-state index contributed by atoms with van der Waals surface area (Å²) in [6, 6.07) is 22.1. The maximum Gasteiger partial charge on any atom is 0.305 e. The lowest BCUT2D eigenvalue weighted by molar-refractivity contribution is -0.143. The monoisotopic (exact) mass is 443 g/mol. The van der Waals surface area contributed by atoms with E-state index in [-0.39, 0.29) is 5.97 Å². The largest absolute Gasteiger partial charge is 0.466 e. The number of hydrogen-bond acceptors (Lipinski definition) is 6. The highest BCUT2D eigenvalue weighted by Gasteiger charge is 2.10. The van der Waals surface area contributed by atoms with E-state index in [0.29, 0.717) is 31.9 Å². The molecule has 0 saturated carbocycles. The summed E-state index contributed by atoms with van der Waals surface area (Å²) >= 11 is 0. The van der Waals surface area contributed by atoms with Crippen molar-refractivity contribution < 1.29 is 14.3 Å².